The predicted molar refractivity (Wildman–Crippen MR) is 129 cm³/mol. The first kappa shape index (κ1) is 27.6. The zero-order valence-electron chi connectivity index (χ0n) is 19.9. The summed E-state index contributed by atoms with van der Waals surface area (Å²) in [6, 6.07) is -3.24. The van der Waals surface area contributed by atoms with Gasteiger partial charge in [0.25, 0.3) is 0 Å². The van der Waals surface area contributed by atoms with Crippen molar-refractivity contribution in [3.63, 3.8) is 0 Å². The van der Waals surface area contributed by atoms with Crippen molar-refractivity contribution in [2.24, 2.45) is 5.92 Å². The van der Waals surface area contributed by atoms with E-state index in [4.69, 9.17) is 0 Å². The summed E-state index contributed by atoms with van der Waals surface area (Å²) in [5.41, 5.74) is 0.567. The van der Waals surface area contributed by atoms with Crippen molar-refractivity contribution in [2.75, 3.05) is 18.6 Å². The molecule has 12 heteroatoms. The largest absolute Gasteiger partial charge is 0.480 e. The Morgan fingerprint density at radius 1 is 1.21 bits per heavy atom. The van der Waals surface area contributed by atoms with Crippen LogP contribution in [0, 0.1) is 5.92 Å². The monoisotopic (exact) mass is 496 g/mol. The first-order valence-corrected chi connectivity index (χ1v) is 13.0. The Labute approximate surface area is 204 Å². The van der Waals surface area contributed by atoms with Gasteiger partial charge >= 0.3 is 5.97 Å². The molecule has 1 aliphatic rings. The molecule has 190 valence electrons. The lowest BCUT2D eigenvalue weighted by Crippen LogP contribution is -2.59. The van der Waals surface area contributed by atoms with Crippen LogP contribution in [0.3, 0.4) is 0 Å². The van der Waals surface area contributed by atoms with E-state index in [1.54, 1.807) is 11.8 Å². The van der Waals surface area contributed by atoms with Gasteiger partial charge in [-0.15, -0.1) is 0 Å². The van der Waals surface area contributed by atoms with Crippen LogP contribution in [-0.4, -0.2) is 81.5 Å². The van der Waals surface area contributed by atoms with Crippen LogP contribution < -0.4 is 21.3 Å². The second-order valence-electron chi connectivity index (χ2n) is 8.54. The van der Waals surface area contributed by atoms with Crippen LogP contribution in [0.15, 0.2) is 12.5 Å². The Kier molecular flexibility index (Phi) is 11.3. The number of carboxylic acid groups (broad SMARTS) is 1. The van der Waals surface area contributed by atoms with Gasteiger partial charge in [-0.1, -0.05) is 20.3 Å². The fraction of sp³-hybridized carbons (Fsp3) is 0.682. The maximum absolute atomic E-state index is 13.1. The van der Waals surface area contributed by atoms with E-state index in [1.807, 2.05) is 20.1 Å². The zero-order valence-corrected chi connectivity index (χ0v) is 20.7. The van der Waals surface area contributed by atoms with Crippen molar-refractivity contribution >= 4 is 35.5 Å². The Balaban J connectivity index is 2.09. The minimum absolute atomic E-state index is 0.0308. The van der Waals surface area contributed by atoms with E-state index in [1.165, 1.54) is 12.5 Å². The number of aromatic nitrogens is 2. The van der Waals surface area contributed by atoms with Gasteiger partial charge in [-0.3, -0.25) is 14.4 Å². The number of imidazole rings is 1. The topological polar surface area (TPSA) is 165 Å². The Bertz CT molecular complexity index is 815. The van der Waals surface area contributed by atoms with E-state index in [9.17, 15) is 24.3 Å². The summed E-state index contributed by atoms with van der Waals surface area (Å²) in [7, 11) is 0. The smallest absolute Gasteiger partial charge is 0.326 e. The number of hydrogen-bond acceptors (Lipinski definition) is 7. The van der Waals surface area contributed by atoms with E-state index in [-0.39, 0.29) is 24.3 Å². The number of carbonyl (C=O) groups is 4. The maximum atomic E-state index is 13.1. The summed E-state index contributed by atoms with van der Waals surface area (Å²) in [5.74, 6) is -2.05. The van der Waals surface area contributed by atoms with Gasteiger partial charge in [0.2, 0.25) is 17.7 Å². The summed E-state index contributed by atoms with van der Waals surface area (Å²) in [5, 5.41) is 20.8. The molecular weight excluding hydrogens is 460 g/mol. The molecule has 3 amide bonds. The Hall–Kier alpha value is -2.60. The van der Waals surface area contributed by atoms with Crippen molar-refractivity contribution < 1.29 is 24.3 Å². The molecule has 1 saturated heterocycles. The Morgan fingerprint density at radius 3 is 2.53 bits per heavy atom. The first-order valence-electron chi connectivity index (χ1n) is 11.6. The summed E-state index contributed by atoms with van der Waals surface area (Å²) in [6.07, 6.45) is 7.49. The molecule has 6 N–H and O–H groups in total. The van der Waals surface area contributed by atoms with E-state index in [0.29, 0.717) is 30.7 Å². The fourth-order valence-electron chi connectivity index (χ4n) is 3.72. The van der Waals surface area contributed by atoms with Crippen molar-refractivity contribution in [2.45, 2.75) is 70.1 Å². The highest BCUT2D eigenvalue weighted by molar-refractivity contribution is 7.98. The van der Waals surface area contributed by atoms with Gasteiger partial charge < -0.3 is 31.4 Å². The molecule has 1 aromatic rings. The average molecular weight is 497 g/mol. The van der Waals surface area contributed by atoms with Crippen LogP contribution in [0.1, 0.15) is 45.2 Å². The highest BCUT2D eigenvalue weighted by atomic mass is 32.2. The molecule has 2 rings (SSSR count). The van der Waals surface area contributed by atoms with E-state index >= 15 is 0 Å². The summed E-state index contributed by atoms with van der Waals surface area (Å²) in [6.45, 7) is 4.46. The SMILES string of the molecule is CCC(C)C(NC(=O)C(CCSC)NC(=O)C1CCCN1)C(=O)NC(Cc1cnc[nH]1)C(=O)O. The number of hydrogen-bond donors (Lipinski definition) is 6. The minimum atomic E-state index is -1.19. The maximum Gasteiger partial charge on any atom is 0.326 e. The van der Waals surface area contributed by atoms with Crippen molar-refractivity contribution in [3.8, 4) is 0 Å². The highest BCUT2D eigenvalue weighted by Crippen LogP contribution is 2.12. The van der Waals surface area contributed by atoms with Crippen LogP contribution in [0.5, 0.6) is 0 Å². The van der Waals surface area contributed by atoms with E-state index < -0.39 is 35.9 Å². The summed E-state index contributed by atoms with van der Waals surface area (Å²) >= 11 is 1.56. The van der Waals surface area contributed by atoms with Crippen molar-refractivity contribution in [3.05, 3.63) is 18.2 Å². The van der Waals surface area contributed by atoms with Crippen LogP contribution in [0.4, 0.5) is 0 Å². The van der Waals surface area contributed by atoms with Gasteiger partial charge in [-0.2, -0.15) is 11.8 Å². The third-order valence-electron chi connectivity index (χ3n) is 6.01. The number of aliphatic carboxylic acids is 1. The van der Waals surface area contributed by atoms with Crippen molar-refractivity contribution in [1.29, 1.82) is 0 Å². The molecule has 0 radical (unpaired) electrons. The number of nitrogens with one attached hydrogen (secondary N) is 5. The fourth-order valence-corrected chi connectivity index (χ4v) is 4.19. The lowest BCUT2D eigenvalue weighted by atomic mass is 9.97. The molecule has 34 heavy (non-hydrogen) atoms. The van der Waals surface area contributed by atoms with Crippen LogP contribution in [0.25, 0.3) is 0 Å². The number of carbonyl (C=O) groups excluding carboxylic acids is 3. The third kappa shape index (κ3) is 8.32. The lowest BCUT2D eigenvalue weighted by Gasteiger charge is -2.28. The molecule has 0 saturated carbocycles. The molecule has 11 nitrogen and oxygen atoms in total. The minimum Gasteiger partial charge on any atom is -0.480 e. The molecule has 5 atom stereocenters. The van der Waals surface area contributed by atoms with E-state index in [2.05, 4.69) is 31.2 Å². The number of nitrogens with zero attached hydrogens (tertiary/aromatic N) is 1. The van der Waals surface area contributed by atoms with Gasteiger partial charge in [0, 0.05) is 18.3 Å². The third-order valence-corrected chi connectivity index (χ3v) is 6.65. The summed E-state index contributed by atoms with van der Waals surface area (Å²) in [4.78, 5) is 57.2. The molecule has 1 fully saturated rings. The van der Waals surface area contributed by atoms with Gasteiger partial charge in [0.1, 0.15) is 18.1 Å². The molecule has 0 aliphatic carbocycles. The highest BCUT2D eigenvalue weighted by Gasteiger charge is 2.33. The molecule has 0 bridgehead atoms. The molecule has 1 aliphatic heterocycles. The van der Waals surface area contributed by atoms with Gasteiger partial charge in [-0.05, 0) is 43.7 Å². The molecule has 1 aromatic heterocycles. The van der Waals surface area contributed by atoms with Crippen LogP contribution >= 0.6 is 11.8 Å². The number of rotatable bonds is 14. The molecule has 0 spiro atoms. The summed E-state index contributed by atoms with van der Waals surface area (Å²) < 4.78 is 0. The molecule has 5 unspecified atom stereocenters. The van der Waals surface area contributed by atoms with Gasteiger partial charge in [-0.25, -0.2) is 9.78 Å². The average Bonchev–Trinajstić information content (AvgIpc) is 3.53. The predicted octanol–water partition coefficient (Wildman–Crippen LogP) is 0.0424. The molecular formula is C22H36N6O5S. The number of amides is 3. The van der Waals surface area contributed by atoms with Crippen molar-refractivity contribution in [1.82, 2.24) is 31.2 Å². The van der Waals surface area contributed by atoms with E-state index in [0.717, 1.165) is 13.0 Å². The second kappa shape index (κ2) is 14.0. The zero-order chi connectivity index (χ0) is 25.1. The number of carboxylic acids is 1. The molecule has 2 heterocycles. The van der Waals surface area contributed by atoms with Gasteiger partial charge in [0.15, 0.2) is 0 Å². The lowest BCUT2D eigenvalue weighted by molar-refractivity contribution is -0.142. The van der Waals surface area contributed by atoms with Crippen LogP contribution in [-0.2, 0) is 25.6 Å². The molecule has 0 aromatic carbocycles. The Morgan fingerprint density at radius 2 is 1.97 bits per heavy atom. The standard InChI is InChI=1S/C22H36N6O5S/c1-4-13(2)18(21(31)27-17(22(32)33)10-14-11-23-12-25-14)28-20(30)16(7-9-34-3)26-19(29)15-6-5-8-24-15/h11-13,15-18,24H,4-10H2,1-3H3,(H,23,25)(H,26,29)(H,27,31)(H,28,30)(H,32,33). The van der Waals surface area contributed by atoms with Gasteiger partial charge in [0.05, 0.1) is 12.4 Å². The number of thioether (sulfide) groups is 1. The van der Waals surface area contributed by atoms with Crippen LogP contribution in [0.2, 0.25) is 0 Å². The number of H-pyrrole nitrogens is 1. The number of aromatic amines is 1. The quantitative estimate of drug-likeness (QED) is 0.210. The second-order valence-corrected chi connectivity index (χ2v) is 9.53. The normalized spacial score (nSPS) is 19.0. The first-order chi connectivity index (χ1) is 16.3.